The molecular weight excluding hydrogens is 252 g/mol. The molecule has 82 valence electrons. The van der Waals surface area contributed by atoms with Gasteiger partial charge in [-0.25, -0.2) is 0 Å². The minimum atomic E-state index is 0.301. The molecule has 0 radical (unpaired) electrons. The Morgan fingerprint density at radius 2 is 2.27 bits per heavy atom. The molecule has 0 aromatic heterocycles. The first-order valence-electron chi connectivity index (χ1n) is 5.43. The third-order valence-electron chi connectivity index (χ3n) is 3.08. The van der Waals surface area contributed by atoms with E-state index >= 15 is 0 Å². The van der Waals surface area contributed by atoms with Crippen LogP contribution in [-0.4, -0.2) is 0 Å². The van der Waals surface area contributed by atoms with Gasteiger partial charge in [-0.2, -0.15) is 0 Å². The van der Waals surface area contributed by atoms with Gasteiger partial charge < -0.3 is 0 Å². The van der Waals surface area contributed by atoms with Crippen LogP contribution in [0.5, 0.6) is 0 Å². The van der Waals surface area contributed by atoms with Gasteiger partial charge in [0, 0.05) is 10.5 Å². The Balaban J connectivity index is 2.19. The minimum absolute atomic E-state index is 0.301. The Hall–Kier alpha value is -0.380. The van der Waals surface area contributed by atoms with Crippen LogP contribution in [0.4, 0.5) is 0 Å². The smallest absolute Gasteiger partial charge is 0.0465 e. The Bertz CT molecular complexity index is 347. The SMILES string of the molecule is Cc1ccc(Br)cc1C(CC1CC1)NN. The van der Waals surface area contributed by atoms with Crippen molar-refractivity contribution < 1.29 is 0 Å². The molecule has 1 aliphatic carbocycles. The van der Waals surface area contributed by atoms with E-state index in [2.05, 4.69) is 46.5 Å². The van der Waals surface area contributed by atoms with Crippen molar-refractivity contribution in [1.82, 2.24) is 5.43 Å². The zero-order valence-corrected chi connectivity index (χ0v) is 10.5. The molecule has 1 aromatic rings. The van der Waals surface area contributed by atoms with Crippen LogP contribution in [0.25, 0.3) is 0 Å². The Morgan fingerprint density at radius 1 is 1.53 bits per heavy atom. The molecule has 3 N–H and O–H groups in total. The maximum Gasteiger partial charge on any atom is 0.0465 e. The summed E-state index contributed by atoms with van der Waals surface area (Å²) in [6.07, 6.45) is 3.89. The molecule has 3 heteroatoms. The van der Waals surface area contributed by atoms with Gasteiger partial charge in [-0.15, -0.1) is 0 Å². The van der Waals surface area contributed by atoms with Gasteiger partial charge in [-0.1, -0.05) is 34.8 Å². The van der Waals surface area contributed by atoms with E-state index in [0.29, 0.717) is 6.04 Å². The lowest BCUT2D eigenvalue weighted by atomic mass is 9.97. The van der Waals surface area contributed by atoms with E-state index in [1.807, 2.05) is 0 Å². The molecule has 2 nitrogen and oxygen atoms in total. The van der Waals surface area contributed by atoms with E-state index in [-0.39, 0.29) is 0 Å². The van der Waals surface area contributed by atoms with E-state index in [9.17, 15) is 0 Å². The fraction of sp³-hybridized carbons (Fsp3) is 0.500. The van der Waals surface area contributed by atoms with Crippen molar-refractivity contribution in [2.24, 2.45) is 11.8 Å². The number of halogens is 1. The van der Waals surface area contributed by atoms with E-state index in [4.69, 9.17) is 5.84 Å². The lowest BCUT2D eigenvalue weighted by Crippen LogP contribution is -2.29. The van der Waals surface area contributed by atoms with Crippen molar-refractivity contribution in [2.45, 2.75) is 32.2 Å². The van der Waals surface area contributed by atoms with Crippen LogP contribution in [0.1, 0.15) is 36.4 Å². The first-order valence-corrected chi connectivity index (χ1v) is 6.22. The molecule has 0 spiro atoms. The van der Waals surface area contributed by atoms with Gasteiger partial charge in [0.1, 0.15) is 0 Å². The molecule has 0 heterocycles. The maximum atomic E-state index is 5.63. The topological polar surface area (TPSA) is 38.0 Å². The third kappa shape index (κ3) is 2.80. The van der Waals surface area contributed by atoms with E-state index in [1.54, 1.807) is 0 Å². The summed E-state index contributed by atoms with van der Waals surface area (Å²) in [5.41, 5.74) is 5.56. The standard InChI is InChI=1S/C12H17BrN2/c1-8-2-5-10(13)7-11(8)12(15-14)6-9-3-4-9/h2,5,7,9,12,15H,3-4,6,14H2,1H3. The monoisotopic (exact) mass is 268 g/mol. The number of hydrogen-bond acceptors (Lipinski definition) is 2. The molecule has 0 aliphatic heterocycles. The quantitative estimate of drug-likeness (QED) is 0.651. The van der Waals surface area contributed by atoms with E-state index in [1.165, 1.54) is 24.0 Å². The summed E-state index contributed by atoms with van der Waals surface area (Å²) in [5.74, 6) is 6.51. The summed E-state index contributed by atoms with van der Waals surface area (Å²) in [7, 11) is 0. The number of rotatable bonds is 4. The van der Waals surface area contributed by atoms with Crippen molar-refractivity contribution in [3.8, 4) is 0 Å². The number of benzene rings is 1. The van der Waals surface area contributed by atoms with Gasteiger partial charge in [0.05, 0.1) is 0 Å². The normalized spacial score (nSPS) is 17.8. The van der Waals surface area contributed by atoms with Crippen LogP contribution in [0, 0.1) is 12.8 Å². The predicted octanol–water partition coefficient (Wildman–Crippen LogP) is 3.06. The molecule has 1 fully saturated rings. The third-order valence-corrected chi connectivity index (χ3v) is 3.58. The molecule has 15 heavy (non-hydrogen) atoms. The molecule has 1 unspecified atom stereocenters. The average molecular weight is 269 g/mol. The van der Waals surface area contributed by atoms with Crippen LogP contribution in [0.3, 0.4) is 0 Å². The molecule has 2 rings (SSSR count). The van der Waals surface area contributed by atoms with Crippen molar-refractivity contribution in [3.05, 3.63) is 33.8 Å². The van der Waals surface area contributed by atoms with Crippen LogP contribution in [-0.2, 0) is 0 Å². The second kappa shape index (κ2) is 4.64. The first-order chi connectivity index (χ1) is 7.20. The van der Waals surface area contributed by atoms with Crippen molar-refractivity contribution in [3.63, 3.8) is 0 Å². The van der Waals surface area contributed by atoms with Crippen molar-refractivity contribution in [2.75, 3.05) is 0 Å². The lowest BCUT2D eigenvalue weighted by Gasteiger charge is -2.18. The predicted molar refractivity (Wildman–Crippen MR) is 66.3 cm³/mol. The molecular formula is C12H17BrN2. The second-order valence-electron chi connectivity index (χ2n) is 4.40. The summed E-state index contributed by atoms with van der Waals surface area (Å²) in [6.45, 7) is 2.14. The van der Waals surface area contributed by atoms with Gasteiger partial charge in [-0.3, -0.25) is 11.3 Å². The van der Waals surface area contributed by atoms with Gasteiger partial charge in [0.2, 0.25) is 0 Å². The highest BCUT2D eigenvalue weighted by Crippen LogP contribution is 2.38. The summed E-state index contributed by atoms with van der Waals surface area (Å²) in [5, 5.41) is 0. The summed E-state index contributed by atoms with van der Waals surface area (Å²) >= 11 is 3.51. The summed E-state index contributed by atoms with van der Waals surface area (Å²) < 4.78 is 1.12. The molecule has 0 saturated heterocycles. The van der Waals surface area contributed by atoms with Crippen LogP contribution >= 0.6 is 15.9 Å². The minimum Gasteiger partial charge on any atom is -0.271 e. The van der Waals surface area contributed by atoms with Crippen molar-refractivity contribution in [1.29, 1.82) is 0 Å². The fourth-order valence-corrected chi connectivity index (χ4v) is 2.34. The molecule has 1 aromatic carbocycles. The Kier molecular flexibility index (Phi) is 3.44. The van der Waals surface area contributed by atoms with Gasteiger partial charge in [-0.05, 0) is 42.5 Å². The molecule has 0 amide bonds. The highest BCUT2D eigenvalue weighted by molar-refractivity contribution is 9.10. The molecule has 1 saturated carbocycles. The van der Waals surface area contributed by atoms with Crippen LogP contribution in [0.15, 0.2) is 22.7 Å². The molecule has 1 aliphatic rings. The first kappa shape index (κ1) is 11.1. The highest BCUT2D eigenvalue weighted by Gasteiger charge is 2.26. The van der Waals surface area contributed by atoms with Gasteiger partial charge in [0.25, 0.3) is 0 Å². The molecule has 0 bridgehead atoms. The number of hydrazine groups is 1. The number of nitrogens with two attached hydrogens (primary N) is 1. The zero-order chi connectivity index (χ0) is 10.8. The number of nitrogens with one attached hydrogen (secondary N) is 1. The summed E-state index contributed by atoms with van der Waals surface area (Å²) in [4.78, 5) is 0. The largest absolute Gasteiger partial charge is 0.271 e. The van der Waals surface area contributed by atoms with Gasteiger partial charge >= 0.3 is 0 Å². The Labute approximate surface area is 99.3 Å². The van der Waals surface area contributed by atoms with Gasteiger partial charge in [0.15, 0.2) is 0 Å². The maximum absolute atomic E-state index is 5.63. The second-order valence-corrected chi connectivity index (χ2v) is 5.31. The average Bonchev–Trinajstić information content (AvgIpc) is 3.02. The Morgan fingerprint density at radius 3 is 2.87 bits per heavy atom. The molecule has 1 atom stereocenters. The van der Waals surface area contributed by atoms with Crippen LogP contribution in [0.2, 0.25) is 0 Å². The lowest BCUT2D eigenvalue weighted by molar-refractivity contribution is 0.485. The van der Waals surface area contributed by atoms with E-state index in [0.717, 1.165) is 16.8 Å². The highest BCUT2D eigenvalue weighted by atomic mass is 79.9. The van der Waals surface area contributed by atoms with E-state index < -0.39 is 0 Å². The zero-order valence-electron chi connectivity index (χ0n) is 8.96. The fourth-order valence-electron chi connectivity index (χ4n) is 1.96. The number of hydrogen-bond donors (Lipinski definition) is 2. The van der Waals surface area contributed by atoms with Crippen molar-refractivity contribution >= 4 is 15.9 Å². The summed E-state index contributed by atoms with van der Waals surface area (Å²) in [6, 6.07) is 6.68. The number of aryl methyl sites for hydroxylation is 1. The van der Waals surface area contributed by atoms with Crippen LogP contribution < -0.4 is 11.3 Å².